The van der Waals surface area contributed by atoms with Crippen molar-refractivity contribution in [3.63, 3.8) is 0 Å². The SMILES string of the molecule is Cc1cc2c(cc1CNC(=O)C1(CN)CC1)OCO2. The third-order valence-electron chi connectivity index (χ3n) is 4.00. The molecule has 2 aliphatic rings. The summed E-state index contributed by atoms with van der Waals surface area (Å²) >= 11 is 0. The molecule has 0 radical (unpaired) electrons. The van der Waals surface area contributed by atoms with Crippen molar-refractivity contribution in [2.75, 3.05) is 13.3 Å². The average molecular weight is 262 g/mol. The second-order valence-electron chi connectivity index (χ2n) is 5.30. The maximum atomic E-state index is 12.0. The molecule has 0 spiro atoms. The summed E-state index contributed by atoms with van der Waals surface area (Å²) in [6, 6.07) is 3.87. The minimum absolute atomic E-state index is 0.0621. The quantitative estimate of drug-likeness (QED) is 0.851. The Hall–Kier alpha value is -1.75. The molecule has 0 saturated heterocycles. The van der Waals surface area contributed by atoms with Gasteiger partial charge in [0, 0.05) is 13.1 Å². The van der Waals surface area contributed by atoms with E-state index >= 15 is 0 Å². The number of hydrogen-bond acceptors (Lipinski definition) is 4. The summed E-state index contributed by atoms with van der Waals surface area (Å²) < 4.78 is 10.7. The zero-order chi connectivity index (χ0) is 13.5. The first-order valence-corrected chi connectivity index (χ1v) is 6.52. The first-order valence-electron chi connectivity index (χ1n) is 6.52. The lowest BCUT2D eigenvalue weighted by Crippen LogP contribution is -2.36. The molecule has 1 aromatic rings. The Bertz CT molecular complexity index is 524. The molecule has 19 heavy (non-hydrogen) atoms. The molecule has 1 saturated carbocycles. The molecule has 0 unspecified atom stereocenters. The van der Waals surface area contributed by atoms with Crippen LogP contribution in [0.25, 0.3) is 0 Å². The van der Waals surface area contributed by atoms with Crippen LogP contribution in [0.3, 0.4) is 0 Å². The lowest BCUT2D eigenvalue weighted by molar-refractivity contribution is -0.126. The fourth-order valence-electron chi connectivity index (χ4n) is 2.31. The predicted octanol–water partition coefficient (Wildman–Crippen LogP) is 1.08. The number of nitrogens with two attached hydrogens (primary N) is 1. The number of rotatable bonds is 4. The first-order chi connectivity index (χ1) is 9.14. The van der Waals surface area contributed by atoms with Crippen molar-refractivity contribution in [2.24, 2.45) is 11.1 Å². The molecule has 3 rings (SSSR count). The van der Waals surface area contributed by atoms with E-state index in [4.69, 9.17) is 15.2 Å². The van der Waals surface area contributed by atoms with Gasteiger partial charge in [-0.15, -0.1) is 0 Å². The van der Waals surface area contributed by atoms with Crippen LogP contribution in [0.1, 0.15) is 24.0 Å². The topological polar surface area (TPSA) is 73.6 Å². The molecular weight excluding hydrogens is 244 g/mol. The molecule has 0 atom stereocenters. The molecule has 1 aliphatic carbocycles. The Morgan fingerprint density at radius 3 is 2.68 bits per heavy atom. The summed E-state index contributed by atoms with van der Waals surface area (Å²) in [5, 5.41) is 2.97. The highest BCUT2D eigenvalue weighted by Gasteiger charge is 2.48. The Morgan fingerprint density at radius 1 is 1.37 bits per heavy atom. The Morgan fingerprint density at radius 2 is 2.05 bits per heavy atom. The number of ether oxygens (including phenoxy) is 2. The zero-order valence-corrected chi connectivity index (χ0v) is 11.0. The minimum Gasteiger partial charge on any atom is -0.454 e. The Kier molecular flexibility index (Phi) is 2.86. The molecule has 0 bridgehead atoms. The van der Waals surface area contributed by atoms with Crippen LogP contribution in [-0.4, -0.2) is 19.2 Å². The molecule has 0 aromatic heterocycles. The zero-order valence-electron chi connectivity index (χ0n) is 11.0. The van der Waals surface area contributed by atoms with Gasteiger partial charge in [-0.25, -0.2) is 0 Å². The van der Waals surface area contributed by atoms with Crippen LogP contribution in [0, 0.1) is 12.3 Å². The third-order valence-corrected chi connectivity index (χ3v) is 4.00. The molecule has 1 aromatic carbocycles. The number of aryl methyl sites for hydroxylation is 1. The number of nitrogens with one attached hydrogen (secondary N) is 1. The molecule has 1 fully saturated rings. The highest BCUT2D eigenvalue weighted by Crippen LogP contribution is 2.44. The molecular formula is C14H18N2O3. The van der Waals surface area contributed by atoms with E-state index in [0.29, 0.717) is 13.1 Å². The summed E-state index contributed by atoms with van der Waals surface area (Å²) in [7, 11) is 0. The van der Waals surface area contributed by atoms with Crippen molar-refractivity contribution in [1.29, 1.82) is 0 Å². The van der Waals surface area contributed by atoms with Crippen molar-refractivity contribution in [1.82, 2.24) is 5.32 Å². The van der Waals surface area contributed by atoms with E-state index in [0.717, 1.165) is 35.5 Å². The molecule has 5 nitrogen and oxygen atoms in total. The number of carbonyl (C=O) groups is 1. The van der Waals surface area contributed by atoms with Crippen LogP contribution in [0.4, 0.5) is 0 Å². The van der Waals surface area contributed by atoms with Crippen LogP contribution >= 0.6 is 0 Å². The standard InChI is InChI=1S/C14H18N2O3/c1-9-4-11-12(19-8-18-11)5-10(9)6-16-13(17)14(7-15)2-3-14/h4-5H,2-3,6-8,15H2,1H3,(H,16,17). The van der Waals surface area contributed by atoms with Crippen molar-refractivity contribution in [2.45, 2.75) is 26.3 Å². The maximum Gasteiger partial charge on any atom is 0.231 e. The van der Waals surface area contributed by atoms with Crippen molar-refractivity contribution in [3.05, 3.63) is 23.3 Å². The van der Waals surface area contributed by atoms with Crippen molar-refractivity contribution < 1.29 is 14.3 Å². The lowest BCUT2D eigenvalue weighted by Gasteiger charge is -2.14. The lowest BCUT2D eigenvalue weighted by atomic mass is 10.1. The normalized spacial score (nSPS) is 18.2. The van der Waals surface area contributed by atoms with Crippen LogP contribution in [-0.2, 0) is 11.3 Å². The predicted molar refractivity (Wildman–Crippen MR) is 69.9 cm³/mol. The van der Waals surface area contributed by atoms with Gasteiger partial charge in [0.2, 0.25) is 12.7 Å². The second-order valence-corrected chi connectivity index (χ2v) is 5.30. The van der Waals surface area contributed by atoms with Gasteiger partial charge >= 0.3 is 0 Å². The van der Waals surface area contributed by atoms with E-state index < -0.39 is 0 Å². The summed E-state index contributed by atoms with van der Waals surface area (Å²) in [6.45, 7) is 3.20. The van der Waals surface area contributed by atoms with Gasteiger partial charge in [0.05, 0.1) is 5.41 Å². The largest absolute Gasteiger partial charge is 0.454 e. The maximum absolute atomic E-state index is 12.0. The monoisotopic (exact) mass is 262 g/mol. The Labute approximate surface area is 112 Å². The van der Waals surface area contributed by atoms with Gasteiger partial charge in [0.1, 0.15) is 0 Å². The summed E-state index contributed by atoms with van der Waals surface area (Å²) in [5.41, 5.74) is 7.48. The molecule has 1 aliphatic heterocycles. The van der Waals surface area contributed by atoms with Crippen LogP contribution in [0.5, 0.6) is 11.5 Å². The van der Waals surface area contributed by atoms with Crippen molar-refractivity contribution in [3.8, 4) is 11.5 Å². The fourth-order valence-corrected chi connectivity index (χ4v) is 2.31. The number of amides is 1. The van der Waals surface area contributed by atoms with E-state index in [9.17, 15) is 4.79 Å². The third kappa shape index (κ3) is 2.14. The van der Waals surface area contributed by atoms with Gasteiger partial charge in [0.25, 0.3) is 0 Å². The number of fused-ring (bicyclic) bond motifs is 1. The van der Waals surface area contributed by atoms with E-state index in [2.05, 4.69) is 5.32 Å². The van der Waals surface area contributed by atoms with Gasteiger partial charge in [-0.3, -0.25) is 4.79 Å². The number of carbonyl (C=O) groups excluding carboxylic acids is 1. The molecule has 1 amide bonds. The summed E-state index contributed by atoms with van der Waals surface area (Å²) in [5.74, 6) is 1.58. The van der Waals surface area contributed by atoms with Crippen molar-refractivity contribution >= 4 is 5.91 Å². The summed E-state index contributed by atoms with van der Waals surface area (Å²) in [6.07, 6.45) is 1.80. The average Bonchev–Trinajstić information content (AvgIpc) is 3.09. The molecule has 1 heterocycles. The fraction of sp³-hybridized carbons (Fsp3) is 0.500. The highest BCUT2D eigenvalue weighted by molar-refractivity contribution is 5.85. The second kappa shape index (κ2) is 4.42. The van der Waals surface area contributed by atoms with Gasteiger partial charge < -0.3 is 20.5 Å². The van der Waals surface area contributed by atoms with Crippen LogP contribution in [0.2, 0.25) is 0 Å². The molecule has 3 N–H and O–H groups in total. The molecule has 5 heteroatoms. The summed E-state index contributed by atoms with van der Waals surface area (Å²) in [4.78, 5) is 12.0. The first kappa shape index (κ1) is 12.3. The Balaban J connectivity index is 1.69. The van der Waals surface area contributed by atoms with E-state index in [1.807, 2.05) is 19.1 Å². The number of benzene rings is 1. The van der Waals surface area contributed by atoms with E-state index in [1.54, 1.807) is 0 Å². The van der Waals surface area contributed by atoms with Crippen LogP contribution < -0.4 is 20.5 Å². The van der Waals surface area contributed by atoms with Gasteiger partial charge in [-0.2, -0.15) is 0 Å². The number of hydrogen-bond donors (Lipinski definition) is 2. The van der Waals surface area contributed by atoms with Gasteiger partial charge in [-0.05, 0) is 43.0 Å². The van der Waals surface area contributed by atoms with E-state index in [1.165, 1.54) is 0 Å². The van der Waals surface area contributed by atoms with E-state index in [-0.39, 0.29) is 18.1 Å². The molecule has 102 valence electrons. The highest BCUT2D eigenvalue weighted by atomic mass is 16.7. The minimum atomic E-state index is -0.301. The van der Waals surface area contributed by atoms with Crippen LogP contribution in [0.15, 0.2) is 12.1 Å². The van der Waals surface area contributed by atoms with Gasteiger partial charge in [0.15, 0.2) is 11.5 Å². The van der Waals surface area contributed by atoms with Gasteiger partial charge in [-0.1, -0.05) is 0 Å². The smallest absolute Gasteiger partial charge is 0.231 e.